The first-order chi connectivity index (χ1) is 10.2. The van der Waals surface area contributed by atoms with E-state index < -0.39 is 19.4 Å². The standard InChI is InChI=1S/C13H16F2N2O4/c1-16-13(18)21-17-9-10-3-2-4-11(19-7-5-14)12(10)20-8-6-15/h2-4,9H,5-8H2,1H3,(H,16,18)/b17-9+. The topological polar surface area (TPSA) is 69.2 Å². The van der Waals surface area contributed by atoms with E-state index in [0.29, 0.717) is 5.56 Å². The molecule has 8 heteroatoms. The van der Waals surface area contributed by atoms with Crippen LogP contribution in [0.3, 0.4) is 0 Å². The van der Waals surface area contributed by atoms with Gasteiger partial charge in [-0.05, 0) is 12.1 Å². The lowest BCUT2D eigenvalue weighted by molar-refractivity contribution is 0.154. The van der Waals surface area contributed by atoms with Crippen LogP contribution in [0.5, 0.6) is 11.5 Å². The van der Waals surface area contributed by atoms with Gasteiger partial charge in [-0.15, -0.1) is 0 Å². The molecule has 116 valence electrons. The molecule has 0 radical (unpaired) electrons. The molecule has 0 aliphatic rings. The first-order valence-electron chi connectivity index (χ1n) is 6.15. The minimum Gasteiger partial charge on any atom is -0.487 e. The number of oxime groups is 1. The Morgan fingerprint density at radius 3 is 2.67 bits per heavy atom. The van der Waals surface area contributed by atoms with E-state index >= 15 is 0 Å². The van der Waals surface area contributed by atoms with E-state index in [0.717, 1.165) is 0 Å². The van der Waals surface area contributed by atoms with Crippen molar-refractivity contribution < 1.29 is 27.9 Å². The molecule has 21 heavy (non-hydrogen) atoms. The molecule has 1 rings (SSSR count). The molecule has 1 N–H and O–H groups in total. The third-order valence-corrected chi connectivity index (χ3v) is 2.20. The number of rotatable bonds is 8. The van der Waals surface area contributed by atoms with Gasteiger partial charge in [0.15, 0.2) is 11.5 Å². The molecule has 0 aliphatic heterocycles. The van der Waals surface area contributed by atoms with Gasteiger partial charge in [0.1, 0.15) is 26.6 Å². The fraction of sp³-hybridized carbons (Fsp3) is 0.385. The molecule has 1 amide bonds. The molecule has 0 aromatic heterocycles. The quantitative estimate of drug-likeness (QED) is 0.453. The molecule has 0 aliphatic carbocycles. The van der Waals surface area contributed by atoms with Crippen LogP contribution >= 0.6 is 0 Å². The van der Waals surface area contributed by atoms with Crippen LogP contribution < -0.4 is 14.8 Å². The monoisotopic (exact) mass is 302 g/mol. The molecule has 0 spiro atoms. The van der Waals surface area contributed by atoms with Gasteiger partial charge in [-0.2, -0.15) is 0 Å². The van der Waals surface area contributed by atoms with Gasteiger partial charge in [0, 0.05) is 12.6 Å². The van der Waals surface area contributed by atoms with Crippen molar-refractivity contribution in [3.63, 3.8) is 0 Å². The summed E-state index contributed by atoms with van der Waals surface area (Å²) in [6.07, 6.45) is 0.479. The first-order valence-corrected chi connectivity index (χ1v) is 6.15. The highest BCUT2D eigenvalue weighted by Crippen LogP contribution is 2.30. The van der Waals surface area contributed by atoms with Crippen LogP contribution in [0.25, 0.3) is 0 Å². The molecule has 6 nitrogen and oxygen atoms in total. The zero-order valence-electron chi connectivity index (χ0n) is 11.5. The maximum atomic E-state index is 12.3. The van der Waals surface area contributed by atoms with Gasteiger partial charge < -0.3 is 14.8 Å². The second-order valence-electron chi connectivity index (χ2n) is 3.61. The van der Waals surface area contributed by atoms with Crippen LogP contribution in [0.1, 0.15) is 5.56 Å². The van der Waals surface area contributed by atoms with E-state index in [2.05, 4.69) is 15.3 Å². The average molecular weight is 302 g/mol. The highest BCUT2D eigenvalue weighted by Gasteiger charge is 2.10. The molecular weight excluding hydrogens is 286 g/mol. The molecule has 1 aromatic carbocycles. The summed E-state index contributed by atoms with van der Waals surface area (Å²) in [6, 6.07) is 4.78. The Kier molecular flexibility index (Phi) is 7.55. The third kappa shape index (κ3) is 5.64. The molecule has 0 saturated heterocycles. The van der Waals surface area contributed by atoms with Crippen LogP contribution in [0.15, 0.2) is 23.4 Å². The lowest BCUT2D eigenvalue weighted by Gasteiger charge is -2.13. The van der Waals surface area contributed by atoms with E-state index in [4.69, 9.17) is 9.47 Å². The van der Waals surface area contributed by atoms with Gasteiger partial charge in [0.05, 0.1) is 6.21 Å². The second-order valence-corrected chi connectivity index (χ2v) is 3.61. The van der Waals surface area contributed by atoms with Crippen LogP contribution in [-0.4, -0.2) is 45.9 Å². The third-order valence-electron chi connectivity index (χ3n) is 2.20. The van der Waals surface area contributed by atoms with E-state index in [1.165, 1.54) is 13.3 Å². The number of benzene rings is 1. The summed E-state index contributed by atoms with van der Waals surface area (Å²) >= 11 is 0. The number of hydrogen-bond acceptors (Lipinski definition) is 5. The zero-order chi connectivity index (χ0) is 15.5. The molecule has 0 bridgehead atoms. The van der Waals surface area contributed by atoms with Crippen molar-refractivity contribution in [3.8, 4) is 11.5 Å². The lowest BCUT2D eigenvalue weighted by atomic mass is 10.2. The van der Waals surface area contributed by atoms with Crippen molar-refractivity contribution in [3.05, 3.63) is 23.8 Å². The normalized spacial score (nSPS) is 10.4. The Bertz CT molecular complexity index is 483. The minimum atomic E-state index is -0.734. The van der Waals surface area contributed by atoms with E-state index in [1.54, 1.807) is 18.2 Å². The number of carbonyl (C=O) groups is 1. The van der Waals surface area contributed by atoms with Crippen molar-refractivity contribution in [2.75, 3.05) is 33.6 Å². The van der Waals surface area contributed by atoms with Gasteiger partial charge in [0.25, 0.3) is 0 Å². The number of para-hydroxylation sites is 1. The summed E-state index contributed by atoms with van der Waals surface area (Å²) in [7, 11) is 1.39. The number of halogens is 2. The summed E-state index contributed by atoms with van der Waals surface area (Å²) in [5.74, 6) is 0.456. The molecular formula is C13H16F2N2O4. The van der Waals surface area contributed by atoms with E-state index in [-0.39, 0.29) is 24.7 Å². The Labute approximate surface area is 120 Å². The van der Waals surface area contributed by atoms with Gasteiger partial charge in [-0.3, -0.25) is 4.84 Å². The number of nitrogens with one attached hydrogen (secondary N) is 1. The van der Waals surface area contributed by atoms with Crippen molar-refractivity contribution in [1.82, 2.24) is 5.32 Å². The van der Waals surface area contributed by atoms with Crippen molar-refractivity contribution in [2.45, 2.75) is 0 Å². The SMILES string of the molecule is CNC(=O)O/N=C/c1cccc(OCCF)c1OCCF. The number of amides is 1. The van der Waals surface area contributed by atoms with Gasteiger partial charge in [0.2, 0.25) is 0 Å². The fourth-order valence-electron chi connectivity index (χ4n) is 1.37. The average Bonchev–Trinajstić information content (AvgIpc) is 2.51. The van der Waals surface area contributed by atoms with Crippen molar-refractivity contribution >= 4 is 12.3 Å². The summed E-state index contributed by atoms with van der Waals surface area (Å²) in [5.41, 5.74) is 0.406. The molecule has 0 heterocycles. The largest absolute Gasteiger partial charge is 0.487 e. The summed E-state index contributed by atoms with van der Waals surface area (Å²) in [6.45, 7) is -1.70. The van der Waals surface area contributed by atoms with Crippen LogP contribution in [0.4, 0.5) is 13.6 Å². The molecule has 0 unspecified atom stereocenters. The number of ether oxygens (including phenoxy) is 2. The predicted molar refractivity (Wildman–Crippen MR) is 72.5 cm³/mol. The summed E-state index contributed by atoms with van der Waals surface area (Å²) < 4.78 is 34.8. The summed E-state index contributed by atoms with van der Waals surface area (Å²) in [4.78, 5) is 15.3. The predicted octanol–water partition coefficient (Wildman–Crippen LogP) is 2.07. The number of hydrogen-bond donors (Lipinski definition) is 1. The number of nitrogens with zero attached hydrogens (tertiary/aromatic N) is 1. The Morgan fingerprint density at radius 2 is 2.00 bits per heavy atom. The zero-order valence-corrected chi connectivity index (χ0v) is 11.5. The van der Waals surface area contributed by atoms with Gasteiger partial charge >= 0.3 is 6.09 Å². The van der Waals surface area contributed by atoms with Crippen molar-refractivity contribution in [2.24, 2.45) is 5.16 Å². The maximum absolute atomic E-state index is 12.3. The van der Waals surface area contributed by atoms with Crippen LogP contribution in [0, 0.1) is 0 Å². The Balaban J connectivity index is 2.91. The van der Waals surface area contributed by atoms with Gasteiger partial charge in [-0.25, -0.2) is 13.6 Å². The first kappa shape index (κ1) is 16.7. The fourth-order valence-corrected chi connectivity index (χ4v) is 1.37. The highest BCUT2D eigenvalue weighted by atomic mass is 19.1. The Morgan fingerprint density at radius 1 is 1.29 bits per heavy atom. The van der Waals surface area contributed by atoms with Crippen LogP contribution in [0.2, 0.25) is 0 Å². The lowest BCUT2D eigenvalue weighted by Crippen LogP contribution is -2.16. The highest BCUT2D eigenvalue weighted by molar-refractivity contribution is 5.85. The smallest absolute Gasteiger partial charge is 0.433 e. The maximum Gasteiger partial charge on any atom is 0.433 e. The molecule has 0 atom stereocenters. The second kappa shape index (κ2) is 9.51. The van der Waals surface area contributed by atoms with E-state index in [9.17, 15) is 13.6 Å². The molecule has 0 saturated carbocycles. The molecule has 1 aromatic rings. The van der Waals surface area contributed by atoms with E-state index in [1.807, 2.05) is 0 Å². The number of carbonyl (C=O) groups excluding carboxylic acids is 1. The minimum absolute atomic E-state index is 0.151. The molecule has 0 fully saturated rings. The van der Waals surface area contributed by atoms with Crippen LogP contribution in [-0.2, 0) is 4.84 Å². The van der Waals surface area contributed by atoms with Crippen molar-refractivity contribution in [1.29, 1.82) is 0 Å². The summed E-state index contributed by atoms with van der Waals surface area (Å²) in [5, 5.41) is 5.68. The number of alkyl halides is 2. The Hall–Kier alpha value is -2.38. The van der Waals surface area contributed by atoms with Gasteiger partial charge in [-0.1, -0.05) is 11.2 Å².